The van der Waals surface area contributed by atoms with Gasteiger partial charge in [0.25, 0.3) is 0 Å². The first-order chi connectivity index (χ1) is 15.5. The number of carboxylic acids is 1. The van der Waals surface area contributed by atoms with Crippen LogP contribution in [0.25, 0.3) is 0 Å². The summed E-state index contributed by atoms with van der Waals surface area (Å²) >= 11 is 4.13. The van der Waals surface area contributed by atoms with Crippen LogP contribution in [0, 0.1) is 11.8 Å². The van der Waals surface area contributed by atoms with Crippen molar-refractivity contribution in [3.8, 4) is 0 Å². The minimum atomic E-state index is -1.15. The van der Waals surface area contributed by atoms with Crippen molar-refractivity contribution < 1.29 is 24.3 Å². The summed E-state index contributed by atoms with van der Waals surface area (Å²) in [5, 5.41) is 17.1. The molecule has 0 fully saturated rings. The molecule has 0 bridgehead atoms. The fourth-order valence-electron chi connectivity index (χ4n) is 3.11. The largest absolute Gasteiger partial charge is 0.480 e. The summed E-state index contributed by atoms with van der Waals surface area (Å²) in [7, 11) is 0. The number of aromatic nitrogens is 2. The van der Waals surface area contributed by atoms with E-state index < -0.39 is 47.9 Å². The highest BCUT2D eigenvalue weighted by atomic mass is 32.1. The van der Waals surface area contributed by atoms with Crippen LogP contribution < -0.4 is 21.7 Å². The van der Waals surface area contributed by atoms with Gasteiger partial charge in [0.15, 0.2) is 0 Å². The summed E-state index contributed by atoms with van der Waals surface area (Å²) in [6.45, 7) is 7.32. The summed E-state index contributed by atoms with van der Waals surface area (Å²) in [5.74, 6) is -3.18. The number of thiol groups is 1. The first-order valence-corrected chi connectivity index (χ1v) is 11.6. The standard InChI is InChI=1S/C21H36N6O5S/c1-5-12(4)17(21(31)32)27-20(30)16(9-33)26-19(29)15(6-11(2)3)25-18(28)14(22)7-13-8-23-10-24-13/h8,10-12,14-17,33H,5-7,9,22H2,1-4H3,(H,23,24)(H,25,28)(H,26,29)(H,27,30)(H,31,32). The molecule has 0 aromatic carbocycles. The topological polar surface area (TPSA) is 179 Å². The van der Waals surface area contributed by atoms with Crippen molar-refractivity contribution in [2.24, 2.45) is 17.6 Å². The molecule has 5 unspecified atom stereocenters. The monoisotopic (exact) mass is 484 g/mol. The van der Waals surface area contributed by atoms with E-state index in [1.807, 2.05) is 20.8 Å². The zero-order valence-corrected chi connectivity index (χ0v) is 20.4. The first kappa shape index (κ1) is 28.4. The average Bonchev–Trinajstić information content (AvgIpc) is 3.26. The number of aliphatic carboxylic acids is 1. The molecule has 0 aliphatic rings. The molecule has 186 valence electrons. The Morgan fingerprint density at radius 2 is 1.70 bits per heavy atom. The minimum Gasteiger partial charge on any atom is -0.480 e. The Morgan fingerprint density at radius 3 is 2.18 bits per heavy atom. The summed E-state index contributed by atoms with van der Waals surface area (Å²) in [6.07, 6.45) is 4.13. The number of H-pyrrole nitrogens is 1. The third-order valence-electron chi connectivity index (χ3n) is 5.26. The number of carbonyl (C=O) groups is 4. The van der Waals surface area contributed by atoms with Crippen molar-refractivity contribution in [1.29, 1.82) is 0 Å². The number of carboxylic acid groups (broad SMARTS) is 1. The van der Waals surface area contributed by atoms with E-state index >= 15 is 0 Å². The molecule has 0 aliphatic heterocycles. The van der Waals surface area contributed by atoms with Gasteiger partial charge >= 0.3 is 5.97 Å². The van der Waals surface area contributed by atoms with Crippen molar-refractivity contribution >= 4 is 36.3 Å². The van der Waals surface area contributed by atoms with E-state index in [-0.39, 0.29) is 24.0 Å². The summed E-state index contributed by atoms with van der Waals surface area (Å²) < 4.78 is 0. The Hall–Kier alpha value is -2.60. The van der Waals surface area contributed by atoms with E-state index in [1.165, 1.54) is 6.33 Å². The predicted molar refractivity (Wildman–Crippen MR) is 126 cm³/mol. The maximum Gasteiger partial charge on any atom is 0.326 e. The molecule has 7 N–H and O–H groups in total. The van der Waals surface area contributed by atoms with Crippen LogP contribution in [0.2, 0.25) is 0 Å². The van der Waals surface area contributed by atoms with Crippen LogP contribution in [-0.2, 0) is 25.6 Å². The number of imidazole rings is 1. The first-order valence-electron chi connectivity index (χ1n) is 11.0. The van der Waals surface area contributed by atoms with Crippen LogP contribution in [0.4, 0.5) is 0 Å². The van der Waals surface area contributed by atoms with E-state index in [2.05, 4.69) is 38.5 Å². The average molecular weight is 485 g/mol. The third kappa shape index (κ3) is 9.42. The van der Waals surface area contributed by atoms with Gasteiger partial charge in [-0.25, -0.2) is 9.78 Å². The number of aromatic amines is 1. The number of hydrogen-bond donors (Lipinski definition) is 7. The van der Waals surface area contributed by atoms with Gasteiger partial charge in [-0.05, 0) is 18.3 Å². The summed E-state index contributed by atoms with van der Waals surface area (Å²) in [4.78, 5) is 56.4. The highest BCUT2D eigenvalue weighted by molar-refractivity contribution is 7.80. The van der Waals surface area contributed by atoms with E-state index in [1.54, 1.807) is 13.1 Å². The Morgan fingerprint density at radius 1 is 1.09 bits per heavy atom. The van der Waals surface area contributed by atoms with E-state index in [9.17, 15) is 24.3 Å². The maximum atomic E-state index is 12.9. The van der Waals surface area contributed by atoms with Crippen molar-refractivity contribution in [1.82, 2.24) is 25.9 Å². The molecule has 0 spiro atoms. The molecule has 0 saturated heterocycles. The number of nitrogens with zero attached hydrogens (tertiary/aromatic N) is 1. The molecule has 5 atom stereocenters. The molecule has 33 heavy (non-hydrogen) atoms. The van der Waals surface area contributed by atoms with Crippen LogP contribution in [0.15, 0.2) is 12.5 Å². The van der Waals surface area contributed by atoms with Gasteiger partial charge in [0.2, 0.25) is 17.7 Å². The number of rotatable bonds is 14. The van der Waals surface area contributed by atoms with Gasteiger partial charge in [-0.1, -0.05) is 34.1 Å². The maximum absolute atomic E-state index is 12.9. The molecule has 12 heteroatoms. The lowest BCUT2D eigenvalue weighted by molar-refractivity contribution is -0.143. The number of amides is 3. The molecule has 0 radical (unpaired) electrons. The number of nitrogens with one attached hydrogen (secondary N) is 4. The molecule has 0 aliphatic carbocycles. The lowest BCUT2D eigenvalue weighted by Crippen LogP contribution is -2.58. The predicted octanol–water partition coefficient (Wildman–Crippen LogP) is -0.159. The van der Waals surface area contributed by atoms with Crippen LogP contribution in [0.5, 0.6) is 0 Å². The molecular weight excluding hydrogens is 448 g/mol. The van der Waals surface area contributed by atoms with E-state index in [0.717, 1.165) is 0 Å². The Balaban J connectivity index is 2.84. The second-order valence-electron chi connectivity index (χ2n) is 8.53. The van der Waals surface area contributed by atoms with Crippen LogP contribution in [-0.4, -0.2) is 68.7 Å². The molecular formula is C21H36N6O5S. The van der Waals surface area contributed by atoms with E-state index in [0.29, 0.717) is 18.5 Å². The normalized spacial score (nSPS) is 15.7. The molecule has 1 heterocycles. The second-order valence-corrected chi connectivity index (χ2v) is 8.90. The van der Waals surface area contributed by atoms with Crippen molar-refractivity contribution in [2.75, 3.05) is 5.75 Å². The SMILES string of the molecule is CCC(C)C(NC(=O)C(CS)NC(=O)C(CC(C)C)NC(=O)C(N)Cc1cnc[nH]1)C(=O)O. The van der Waals surface area contributed by atoms with Gasteiger partial charge in [-0.15, -0.1) is 0 Å². The summed E-state index contributed by atoms with van der Waals surface area (Å²) in [5.41, 5.74) is 6.65. The van der Waals surface area contributed by atoms with E-state index in [4.69, 9.17) is 5.73 Å². The highest BCUT2D eigenvalue weighted by Gasteiger charge is 2.31. The lowest BCUT2D eigenvalue weighted by atomic mass is 9.99. The van der Waals surface area contributed by atoms with Gasteiger partial charge in [0, 0.05) is 24.1 Å². The smallest absolute Gasteiger partial charge is 0.326 e. The minimum absolute atomic E-state index is 0.0495. The number of carbonyl (C=O) groups excluding carboxylic acids is 3. The summed E-state index contributed by atoms with van der Waals surface area (Å²) in [6, 6.07) is -3.99. The van der Waals surface area contributed by atoms with Crippen molar-refractivity contribution in [2.45, 2.75) is 71.1 Å². The third-order valence-corrected chi connectivity index (χ3v) is 5.63. The Labute approximate surface area is 199 Å². The van der Waals surface area contributed by atoms with Crippen molar-refractivity contribution in [3.63, 3.8) is 0 Å². The molecule has 3 amide bonds. The second kappa shape index (κ2) is 13.8. The van der Waals surface area contributed by atoms with Crippen LogP contribution in [0.3, 0.4) is 0 Å². The van der Waals surface area contributed by atoms with Gasteiger partial charge in [0.1, 0.15) is 18.1 Å². The van der Waals surface area contributed by atoms with Gasteiger partial charge in [-0.2, -0.15) is 12.6 Å². The fraction of sp³-hybridized carbons (Fsp3) is 0.667. The zero-order valence-electron chi connectivity index (χ0n) is 19.5. The highest BCUT2D eigenvalue weighted by Crippen LogP contribution is 2.10. The quantitative estimate of drug-likeness (QED) is 0.179. The number of hydrogen-bond acceptors (Lipinski definition) is 7. The Bertz CT molecular complexity index is 788. The molecule has 1 aromatic heterocycles. The lowest BCUT2D eigenvalue weighted by Gasteiger charge is -2.26. The van der Waals surface area contributed by atoms with Gasteiger partial charge in [0.05, 0.1) is 12.4 Å². The zero-order chi connectivity index (χ0) is 25.1. The van der Waals surface area contributed by atoms with Gasteiger partial charge in [-0.3, -0.25) is 14.4 Å². The van der Waals surface area contributed by atoms with Crippen LogP contribution >= 0.6 is 12.6 Å². The van der Waals surface area contributed by atoms with Gasteiger partial charge < -0.3 is 31.8 Å². The molecule has 1 aromatic rings. The van der Waals surface area contributed by atoms with Crippen LogP contribution in [0.1, 0.15) is 46.2 Å². The molecule has 0 saturated carbocycles. The number of nitrogens with two attached hydrogens (primary N) is 1. The fourth-order valence-corrected chi connectivity index (χ4v) is 3.37. The molecule has 1 rings (SSSR count). The van der Waals surface area contributed by atoms with Crippen molar-refractivity contribution in [3.05, 3.63) is 18.2 Å². The Kier molecular flexibility index (Phi) is 11.9. The molecule has 11 nitrogen and oxygen atoms in total.